The summed E-state index contributed by atoms with van der Waals surface area (Å²) >= 11 is 1.32. The van der Waals surface area contributed by atoms with E-state index in [1.807, 2.05) is 5.43 Å². The van der Waals surface area contributed by atoms with Crippen LogP contribution in [0.2, 0.25) is 0 Å². The number of nitrogens with zero attached hydrogens (tertiary/aromatic N) is 1. The van der Waals surface area contributed by atoms with Crippen LogP contribution in [0.25, 0.3) is 0 Å². The number of aromatic nitrogens is 1. The molecule has 0 unspecified atom stereocenters. The molecule has 0 aliphatic heterocycles. The van der Waals surface area contributed by atoms with Crippen LogP contribution in [-0.4, -0.2) is 17.1 Å². The van der Waals surface area contributed by atoms with Crippen LogP contribution in [0.4, 0.5) is 13.2 Å². The lowest BCUT2D eigenvalue weighted by atomic mass is 10.2. The quantitative estimate of drug-likeness (QED) is 0.386. The van der Waals surface area contributed by atoms with Crippen LogP contribution in [0.15, 0.2) is 41.3 Å². The summed E-state index contributed by atoms with van der Waals surface area (Å²) in [6, 6.07) is 7.39. The van der Waals surface area contributed by atoms with E-state index in [0.29, 0.717) is 4.90 Å². The SMILES string of the molecule is CSc1cc(Oc2cccc(C(F)(F)F)c2)nc(C(=O)NN)c1. The predicted molar refractivity (Wildman–Crippen MR) is 79.2 cm³/mol. The van der Waals surface area contributed by atoms with Gasteiger partial charge in [0.05, 0.1) is 5.56 Å². The number of nitrogens with two attached hydrogens (primary N) is 1. The molecule has 1 aromatic carbocycles. The summed E-state index contributed by atoms with van der Waals surface area (Å²) < 4.78 is 43.4. The molecule has 9 heteroatoms. The van der Waals surface area contributed by atoms with Crippen LogP contribution in [0, 0.1) is 0 Å². The van der Waals surface area contributed by atoms with E-state index in [1.54, 1.807) is 6.26 Å². The third-order valence-electron chi connectivity index (χ3n) is 2.76. The first kappa shape index (κ1) is 17.1. The number of hydrazine groups is 1. The van der Waals surface area contributed by atoms with E-state index in [2.05, 4.69) is 4.98 Å². The van der Waals surface area contributed by atoms with E-state index in [0.717, 1.165) is 12.1 Å². The second-order valence-corrected chi connectivity index (χ2v) is 5.21. The largest absolute Gasteiger partial charge is 0.439 e. The third kappa shape index (κ3) is 4.36. The molecule has 0 saturated heterocycles. The highest BCUT2D eigenvalue weighted by atomic mass is 32.2. The van der Waals surface area contributed by atoms with E-state index in [9.17, 15) is 18.0 Å². The summed E-state index contributed by atoms with van der Waals surface area (Å²) in [4.78, 5) is 16.1. The smallest absolute Gasteiger partial charge is 0.416 e. The van der Waals surface area contributed by atoms with E-state index in [4.69, 9.17) is 10.6 Å². The number of thioether (sulfide) groups is 1. The van der Waals surface area contributed by atoms with Crippen molar-refractivity contribution in [3.05, 3.63) is 47.7 Å². The first-order valence-corrected chi connectivity index (χ1v) is 7.48. The molecule has 5 nitrogen and oxygen atoms in total. The van der Waals surface area contributed by atoms with Crippen LogP contribution < -0.4 is 16.0 Å². The number of alkyl halides is 3. The van der Waals surface area contributed by atoms with Crippen LogP contribution in [-0.2, 0) is 6.18 Å². The number of hydrogen-bond acceptors (Lipinski definition) is 5. The topological polar surface area (TPSA) is 77.2 Å². The van der Waals surface area contributed by atoms with Gasteiger partial charge in [-0.3, -0.25) is 10.2 Å². The summed E-state index contributed by atoms with van der Waals surface area (Å²) in [6.07, 6.45) is -2.70. The van der Waals surface area contributed by atoms with Crippen molar-refractivity contribution in [2.45, 2.75) is 11.1 Å². The number of carbonyl (C=O) groups excluding carboxylic acids is 1. The number of pyridine rings is 1. The molecule has 0 aliphatic rings. The van der Waals surface area contributed by atoms with Gasteiger partial charge in [0.2, 0.25) is 5.88 Å². The number of nitrogens with one attached hydrogen (secondary N) is 1. The zero-order chi connectivity index (χ0) is 17.0. The molecule has 2 rings (SSSR count). The van der Waals surface area contributed by atoms with Crippen molar-refractivity contribution in [3.63, 3.8) is 0 Å². The number of nitrogen functional groups attached to an aromatic ring is 1. The third-order valence-corrected chi connectivity index (χ3v) is 3.47. The lowest BCUT2D eigenvalue weighted by Gasteiger charge is -2.11. The maximum atomic E-state index is 12.7. The fraction of sp³-hybridized carbons (Fsp3) is 0.143. The lowest BCUT2D eigenvalue weighted by molar-refractivity contribution is -0.137. The Kier molecular flexibility index (Phi) is 5.12. The molecule has 1 amide bonds. The van der Waals surface area contributed by atoms with Gasteiger partial charge in [-0.25, -0.2) is 10.8 Å². The van der Waals surface area contributed by atoms with Crippen LogP contribution in [0.3, 0.4) is 0 Å². The second-order valence-electron chi connectivity index (χ2n) is 4.33. The van der Waals surface area contributed by atoms with Crippen molar-refractivity contribution in [3.8, 4) is 11.6 Å². The number of carbonyl (C=O) groups is 1. The highest BCUT2D eigenvalue weighted by molar-refractivity contribution is 7.98. The molecule has 0 saturated carbocycles. The number of halogens is 3. The number of hydrogen-bond donors (Lipinski definition) is 2. The summed E-state index contributed by atoms with van der Waals surface area (Å²) in [5, 5.41) is 0. The Hall–Kier alpha value is -2.26. The van der Waals surface area contributed by atoms with Gasteiger partial charge in [0.15, 0.2) is 0 Å². The molecule has 0 atom stereocenters. The van der Waals surface area contributed by atoms with Crippen LogP contribution >= 0.6 is 11.8 Å². The van der Waals surface area contributed by atoms with Gasteiger partial charge in [-0.05, 0) is 30.5 Å². The maximum Gasteiger partial charge on any atom is 0.416 e. The minimum atomic E-state index is -4.47. The molecule has 0 bridgehead atoms. The van der Waals surface area contributed by atoms with Gasteiger partial charge in [0.25, 0.3) is 5.91 Å². The Morgan fingerprint density at radius 3 is 2.65 bits per heavy atom. The Bertz CT molecular complexity index is 723. The molecule has 122 valence electrons. The van der Waals surface area contributed by atoms with Crippen LogP contribution in [0.1, 0.15) is 16.1 Å². The first-order chi connectivity index (χ1) is 10.8. The van der Waals surface area contributed by atoms with Crippen molar-refractivity contribution in [1.82, 2.24) is 10.4 Å². The second kappa shape index (κ2) is 6.88. The molecule has 0 fully saturated rings. The van der Waals surface area contributed by atoms with Gasteiger partial charge < -0.3 is 4.74 Å². The average Bonchev–Trinajstić information content (AvgIpc) is 2.53. The highest BCUT2D eigenvalue weighted by Gasteiger charge is 2.30. The summed E-state index contributed by atoms with van der Waals surface area (Å²) in [5.41, 5.74) is 1.10. The fourth-order valence-electron chi connectivity index (χ4n) is 1.70. The van der Waals surface area contributed by atoms with Gasteiger partial charge >= 0.3 is 6.18 Å². The van der Waals surface area contributed by atoms with Gasteiger partial charge in [-0.1, -0.05) is 6.07 Å². The van der Waals surface area contributed by atoms with Crippen molar-refractivity contribution in [2.24, 2.45) is 5.84 Å². The Morgan fingerprint density at radius 1 is 1.30 bits per heavy atom. The first-order valence-electron chi connectivity index (χ1n) is 6.25. The molecular formula is C14H12F3N3O2S. The molecule has 0 spiro atoms. The van der Waals surface area contributed by atoms with Crippen molar-refractivity contribution in [1.29, 1.82) is 0 Å². The van der Waals surface area contributed by atoms with Crippen molar-refractivity contribution in [2.75, 3.05) is 6.26 Å². The Morgan fingerprint density at radius 2 is 2.04 bits per heavy atom. The average molecular weight is 343 g/mol. The number of benzene rings is 1. The number of ether oxygens (including phenoxy) is 1. The molecule has 1 heterocycles. The maximum absolute atomic E-state index is 12.7. The number of rotatable bonds is 4. The van der Waals surface area contributed by atoms with E-state index >= 15 is 0 Å². The molecule has 0 aliphatic carbocycles. The minimum Gasteiger partial charge on any atom is -0.439 e. The standard InChI is InChI=1S/C14H12F3N3O2S/c1-23-10-6-11(13(21)20-18)19-12(7-10)22-9-4-2-3-8(5-9)14(15,16)17/h2-7H,18H2,1H3,(H,20,21). The minimum absolute atomic E-state index is 0.00123. The number of amides is 1. The van der Waals surface area contributed by atoms with Gasteiger partial charge in [0, 0.05) is 11.0 Å². The van der Waals surface area contributed by atoms with E-state index in [1.165, 1.54) is 36.0 Å². The van der Waals surface area contributed by atoms with Crippen LogP contribution in [0.5, 0.6) is 11.6 Å². The summed E-state index contributed by atoms with van der Waals surface area (Å²) in [5.74, 6) is 4.38. The lowest BCUT2D eigenvalue weighted by Crippen LogP contribution is -2.30. The van der Waals surface area contributed by atoms with Crippen molar-refractivity contribution < 1.29 is 22.7 Å². The van der Waals surface area contributed by atoms with E-state index < -0.39 is 17.6 Å². The summed E-state index contributed by atoms with van der Waals surface area (Å²) in [6.45, 7) is 0. The molecule has 2 aromatic rings. The van der Waals surface area contributed by atoms with Gasteiger partial charge in [0.1, 0.15) is 11.4 Å². The van der Waals surface area contributed by atoms with Crippen molar-refractivity contribution >= 4 is 17.7 Å². The van der Waals surface area contributed by atoms with Gasteiger partial charge in [-0.15, -0.1) is 11.8 Å². The molecule has 1 aromatic heterocycles. The van der Waals surface area contributed by atoms with Gasteiger partial charge in [-0.2, -0.15) is 13.2 Å². The Labute approximate surface area is 134 Å². The Balaban J connectivity index is 2.34. The molecular weight excluding hydrogens is 331 g/mol. The van der Waals surface area contributed by atoms with E-state index in [-0.39, 0.29) is 17.3 Å². The summed E-state index contributed by atoms with van der Waals surface area (Å²) in [7, 11) is 0. The zero-order valence-electron chi connectivity index (χ0n) is 11.8. The highest BCUT2D eigenvalue weighted by Crippen LogP contribution is 2.33. The molecule has 3 N–H and O–H groups in total. The molecule has 23 heavy (non-hydrogen) atoms. The predicted octanol–water partition coefficient (Wildman–Crippen LogP) is 3.22. The monoisotopic (exact) mass is 343 g/mol. The molecule has 0 radical (unpaired) electrons. The zero-order valence-corrected chi connectivity index (χ0v) is 12.7. The normalized spacial score (nSPS) is 11.2. The fourth-order valence-corrected chi connectivity index (χ4v) is 2.15.